The van der Waals surface area contributed by atoms with Gasteiger partial charge >= 0.3 is 6.09 Å². The standard InChI is InChI=1S/C9H8N2O4/c1-10-9(12)15-6-7-2-4-8(5-3-7)11(13)14/h2-5H,1,6H2. The molecule has 1 aromatic rings. The van der Waals surface area contributed by atoms with E-state index in [9.17, 15) is 14.9 Å². The maximum atomic E-state index is 10.6. The van der Waals surface area contributed by atoms with Crippen LogP contribution >= 0.6 is 0 Å². The third-order valence-electron chi connectivity index (χ3n) is 1.64. The van der Waals surface area contributed by atoms with Crippen molar-refractivity contribution in [2.24, 2.45) is 4.99 Å². The first-order valence-corrected chi connectivity index (χ1v) is 4.00. The fraction of sp³-hybridized carbons (Fsp3) is 0.111. The number of hydrogen-bond donors (Lipinski definition) is 0. The van der Waals surface area contributed by atoms with E-state index in [1.807, 2.05) is 0 Å². The second-order valence-corrected chi connectivity index (χ2v) is 2.64. The third-order valence-corrected chi connectivity index (χ3v) is 1.64. The Bertz CT molecular complexity index is 386. The molecule has 0 saturated heterocycles. The SMILES string of the molecule is C=NC(=O)OCc1ccc([N+](=O)[O-])cc1. The molecule has 0 saturated carbocycles. The Balaban J connectivity index is 2.60. The van der Waals surface area contributed by atoms with Gasteiger partial charge in [-0.1, -0.05) is 0 Å². The monoisotopic (exact) mass is 208 g/mol. The maximum absolute atomic E-state index is 10.6. The zero-order valence-electron chi connectivity index (χ0n) is 7.75. The Morgan fingerprint density at radius 3 is 2.53 bits per heavy atom. The van der Waals surface area contributed by atoms with Crippen molar-refractivity contribution in [3.63, 3.8) is 0 Å². The van der Waals surface area contributed by atoms with Crippen LogP contribution in [-0.2, 0) is 11.3 Å². The molecule has 0 fully saturated rings. The zero-order chi connectivity index (χ0) is 11.3. The van der Waals surface area contributed by atoms with E-state index in [4.69, 9.17) is 0 Å². The Labute approximate surface area is 85.3 Å². The van der Waals surface area contributed by atoms with E-state index in [0.29, 0.717) is 5.56 Å². The minimum absolute atomic E-state index is 0.00748. The molecule has 0 atom stereocenters. The first-order chi connectivity index (χ1) is 7.13. The van der Waals surface area contributed by atoms with Crippen LogP contribution in [-0.4, -0.2) is 17.7 Å². The molecule has 15 heavy (non-hydrogen) atoms. The summed E-state index contributed by atoms with van der Waals surface area (Å²) in [5.74, 6) is 0. The van der Waals surface area contributed by atoms with Gasteiger partial charge in [-0.15, -0.1) is 0 Å². The molecule has 6 heteroatoms. The van der Waals surface area contributed by atoms with Gasteiger partial charge in [-0.05, 0) is 24.4 Å². The van der Waals surface area contributed by atoms with Crippen molar-refractivity contribution in [2.75, 3.05) is 0 Å². The van der Waals surface area contributed by atoms with Crippen molar-refractivity contribution in [3.8, 4) is 0 Å². The van der Waals surface area contributed by atoms with E-state index >= 15 is 0 Å². The lowest BCUT2D eigenvalue weighted by atomic mass is 10.2. The van der Waals surface area contributed by atoms with E-state index in [0.717, 1.165) is 0 Å². The molecule has 0 heterocycles. The molecule has 0 spiro atoms. The van der Waals surface area contributed by atoms with Crippen LogP contribution in [0, 0.1) is 10.1 Å². The van der Waals surface area contributed by atoms with Crippen LogP contribution in [0.2, 0.25) is 0 Å². The van der Waals surface area contributed by atoms with Gasteiger partial charge in [-0.3, -0.25) is 10.1 Å². The molecule has 0 aliphatic carbocycles. The topological polar surface area (TPSA) is 81.8 Å². The van der Waals surface area contributed by atoms with E-state index < -0.39 is 11.0 Å². The van der Waals surface area contributed by atoms with Crippen LogP contribution in [0.25, 0.3) is 0 Å². The Morgan fingerprint density at radius 2 is 2.07 bits per heavy atom. The summed E-state index contributed by atoms with van der Waals surface area (Å²) in [6.45, 7) is 3.02. The van der Waals surface area contributed by atoms with E-state index in [1.54, 1.807) is 0 Å². The second kappa shape index (κ2) is 4.85. The van der Waals surface area contributed by atoms with Gasteiger partial charge in [-0.2, -0.15) is 4.99 Å². The summed E-state index contributed by atoms with van der Waals surface area (Å²) in [4.78, 5) is 23.5. The lowest BCUT2D eigenvalue weighted by Gasteiger charge is -2.00. The average Bonchev–Trinajstić information content (AvgIpc) is 2.26. The molecule has 1 aromatic carbocycles. The largest absolute Gasteiger partial charge is 0.443 e. The summed E-state index contributed by atoms with van der Waals surface area (Å²) in [5.41, 5.74) is 0.643. The molecule has 1 rings (SSSR count). The van der Waals surface area contributed by atoms with E-state index in [1.165, 1.54) is 24.3 Å². The molecule has 0 aromatic heterocycles. The number of nitro groups is 1. The highest BCUT2D eigenvalue weighted by atomic mass is 16.6. The number of amides is 1. The van der Waals surface area contributed by atoms with Crippen LogP contribution in [0.3, 0.4) is 0 Å². The van der Waals surface area contributed by atoms with Crippen LogP contribution in [0.5, 0.6) is 0 Å². The van der Waals surface area contributed by atoms with Crippen molar-refractivity contribution >= 4 is 18.5 Å². The molecule has 0 N–H and O–H groups in total. The average molecular weight is 208 g/mol. The molecule has 0 unspecified atom stereocenters. The fourth-order valence-electron chi connectivity index (χ4n) is 0.905. The minimum atomic E-state index is -0.770. The van der Waals surface area contributed by atoms with Crippen molar-refractivity contribution in [3.05, 3.63) is 39.9 Å². The third kappa shape index (κ3) is 3.18. The van der Waals surface area contributed by atoms with Crippen LogP contribution < -0.4 is 0 Å². The summed E-state index contributed by atoms with van der Waals surface area (Å²) in [6.07, 6.45) is -0.770. The number of nitrogens with zero attached hydrogens (tertiary/aromatic N) is 2. The quantitative estimate of drug-likeness (QED) is 0.431. The van der Waals surface area contributed by atoms with Gasteiger partial charge in [-0.25, -0.2) is 4.79 Å². The number of benzene rings is 1. The number of ether oxygens (including phenoxy) is 1. The van der Waals surface area contributed by atoms with Gasteiger partial charge in [0.15, 0.2) is 0 Å². The van der Waals surface area contributed by atoms with Crippen LogP contribution in [0.15, 0.2) is 29.3 Å². The molecule has 1 amide bonds. The Hall–Kier alpha value is -2.24. The highest BCUT2D eigenvalue weighted by Gasteiger charge is 2.04. The Morgan fingerprint density at radius 1 is 1.47 bits per heavy atom. The van der Waals surface area contributed by atoms with Crippen molar-refractivity contribution in [1.29, 1.82) is 0 Å². The van der Waals surface area contributed by atoms with Gasteiger partial charge in [0.2, 0.25) is 0 Å². The minimum Gasteiger partial charge on any atom is -0.443 e. The van der Waals surface area contributed by atoms with Gasteiger partial charge in [0.05, 0.1) is 4.92 Å². The number of hydrogen-bond acceptors (Lipinski definition) is 4. The lowest BCUT2D eigenvalue weighted by Crippen LogP contribution is -1.98. The first-order valence-electron chi connectivity index (χ1n) is 4.00. The molecule has 0 bridgehead atoms. The summed E-state index contributed by atoms with van der Waals surface area (Å²) >= 11 is 0. The van der Waals surface area contributed by atoms with Crippen molar-refractivity contribution in [1.82, 2.24) is 0 Å². The Kier molecular flexibility index (Phi) is 3.50. The number of nitro benzene ring substituents is 1. The zero-order valence-corrected chi connectivity index (χ0v) is 7.75. The van der Waals surface area contributed by atoms with Crippen LogP contribution in [0.4, 0.5) is 10.5 Å². The number of aliphatic imine (C=N–C) groups is 1. The molecule has 78 valence electrons. The molecule has 0 aliphatic rings. The smallest absolute Gasteiger partial charge is 0.433 e. The predicted molar refractivity (Wildman–Crippen MR) is 52.8 cm³/mol. The second-order valence-electron chi connectivity index (χ2n) is 2.64. The molecule has 6 nitrogen and oxygen atoms in total. The summed E-state index contributed by atoms with van der Waals surface area (Å²) in [5, 5.41) is 10.3. The maximum Gasteiger partial charge on any atom is 0.433 e. The predicted octanol–water partition coefficient (Wildman–Crippen LogP) is 1.93. The van der Waals surface area contributed by atoms with Gasteiger partial charge in [0.1, 0.15) is 6.61 Å². The number of rotatable bonds is 3. The summed E-state index contributed by atoms with van der Waals surface area (Å²) in [6, 6.07) is 5.69. The van der Waals surface area contributed by atoms with Gasteiger partial charge < -0.3 is 4.74 Å². The normalized spacial score (nSPS) is 9.33. The molecule has 0 radical (unpaired) electrons. The molecular formula is C9H8N2O4. The molecule has 0 aliphatic heterocycles. The van der Waals surface area contributed by atoms with Crippen molar-refractivity contribution in [2.45, 2.75) is 6.61 Å². The van der Waals surface area contributed by atoms with E-state index in [2.05, 4.69) is 16.4 Å². The summed E-state index contributed by atoms with van der Waals surface area (Å²) < 4.78 is 4.64. The molecular weight excluding hydrogens is 200 g/mol. The van der Waals surface area contributed by atoms with E-state index in [-0.39, 0.29) is 12.3 Å². The summed E-state index contributed by atoms with van der Waals surface area (Å²) in [7, 11) is 0. The first kappa shape index (κ1) is 10.8. The lowest BCUT2D eigenvalue weighted by molar-refractivity contribution is -0.384. The highest BCUT2D eigenvalue weighted by molar-refractivity contribution is 5.72. The van der Waals surface area contributed by atoms with Gasteiger partial charge in [0, 0.05) is 12.1 Å². The highest BCUT2D eigenvalue weighted by Crippen LogP contribution is 2.12. The van der Waals surface area contributed by atoms with Crippen molar-refractivity contribution < 1.29 is 14.5 Å². The number of carbonyl (C=O) groups excluding carboxylic acids is 1. The van der Waals surface area contributed by atoms with Gasteiger partial charge in [0.25, 0.3) is 5.69 Å². The number of carbonyl (C=O) groups is 1. The fourth-order valence-corrected chi connectivity index (χ4v) is 0.905. The van der Waals surface area contributed by atoms with Crippen LogP contribution in [0.1, 0.15) is 5.56 Å². The number of non-ortho nitro benzene ring substituents is 1.